The molecule has 0 saturated heterocycles. The van der Waals surface area contributed by atoms with Gasteiger partial charge in [0.05, 0.1) is 6.61 Å². The molecule has 3 nitrogen and oxygen atoms in total. The zero-order valence-electron chi connectivity index (χ0n) is 20.3. The van der Waals surface area contributed by atoms with E-state index < -0.39 is 6.10 Å². The maximum atomic E-state index is 10.3. The molecule has 0 radical (unpaired) electrons. The number of aliphatic hydroxyl groups is 1. The summed E-state index contributed by atoms with van der Waals surface area (Å²) >= 11 is 1.55. The molecule has 1 aromatic rings. The van der Waals surface area contributed by atoms with Crippen molar-refractivity contribution in [3.63, 3.8) is 0 Å². The van der Waals surface area contributed by atoms with E-state index in [0.717, 1.165) is 36.1 Å². The third-order valence-corrected chi connectivity index (χ3v) is 7.89. The second-order valence-electron chi connectivity index (χ2n) is 9.74. The topological polar surface area (TPSA) is 42.4 Å². The van der Waals surface area contributed by atoms with Gasteiger partial charge in [-0.2, -0.15) is 0 Å². The summed E-state index contributed by atoms with van der Waals surface area (Å²) in [5.41, 5.74) is 3.02. The minimum Gasteiger partial charge on any atom is -0.386 e. The highest BCUT2D eigenvalue weighted by Crippen LogP contribution is 2.51. The number of ether oxygens (including phenoxy) is 1. The Morgan fingerprint density at radius 1 is 1.39 bits per heavy atom. The maximum absolute atomic E-state index is 10.3. The van der Waals surface area contributed by atoms with Crippen molar-refractivity contribution in [1.82, 2.24) is 4.98 Å². The van der Waals surface area contributed by atoms with Gasteiger partial charge in [-0.3, -0.25) is 0 Å². The first-order valence-electron chi connectivity index (χ1n) is 11.9. The van der Waals surface area contributed by atoms with Crippen LogP contribution in [0.15, 0.2) is 47.0 Å². The molecule has 1 heterocycles. The molecule has 174 valence electrons. The fraction of sp³-hybridized carbons (Fsp3) is 0.667. The molecule has 4 heteroatoms. The van der Waals surface area contributed by atoms with E-state index in [-0.39, 0.29) is 0 Å². The van der Waals surface area contributed by atoms with Gasteiger partial charge in [0.15, 0.2) is 0 Å². The van der Waals surface area contributed by atoms with Crippen LogP contribution in [-0.4, -0.2) is 23.8 Å². The summed E-state index contributed by atoms with van der Waals surface area (Å²) in [6, 6.07) is 0. The molecule has 0 aliphatic heterocycles. The normalized spacial score (nSPS) is 24.8. The highest BCUT2D eigenvalue weighted by molar-refractivity contribution is 7.09. The van der Waals surface area contributed by atoms with Crippen molar-refractivity contribution in [3.05, 3.63) is 52.0 Å². The Morgan fingerprint density at radius 3 is 2.90 bits per heavy atom. The van der Waals surface area contributed by atoms with Crippen LogP contribution in [0.1, 0.15) is 90.2 Å². The molecular formula is C27H43NO2S. The van der Waals surface area contributed by atoms with Crippen LogP contribution in [0.5, 0.6) is 0 Å². The number of hydrogen-bond acceptors (Lipinski definition) is 4. The van der Waals surface area contributed by atoms with E-state index in [1.54, 1.807) is 24.6 Å². The maximum Gasteiger partial charge on any atom is 0.121 e. The average Bonchev–Trinajstić information content (AvgIpc) is 3.38. The van der Waals surface area contributed by atoms with Gasteiger partial charge in [-0.15, -0.1) is 11.3 Å². The minimum atomic E-state index is -0.392. The second-order valence-corrected chi connectivity index (χ2v) is 10.7. The Hall–Kier alpha value is -1.23. The van der Waals surface area contributed by atoms with Crippen LogP contribution < -0.4 is 0 Å². The van der Waals surface area contributed by atoms with Crippen molar-refractivity contribution in [2.75, 3.05) is 13.7 Å². The third kappa shape index (κ3) is 8.67. The van der Waals surface area contributed by atoms with Gasteiger partial charge in [-0.25, -0.2) is 4.98 Å². The molecule has 0 amide bonds. The molecule has 3 unspecified atom stereocenters. The summed E-state index contributed by atoms with van der Waals surface area (Å²) in [6.07, 6.45) is 19.8. The van der Waals surface area contributed by atoms with E-state index in [1.807, 2.05) is 5.38 Å². The van der Waals surface area contributed by atoms with Gasteiger partial charge in [0.25, 0.3) is 0 Å². The molecule has 0 bridgehead atoms. The summed E-state index contributed by atoms with van der Waals surface area (Å²) in [7, 11) is 1.73. The number of allylic oxidation sites excluding steroid dienone is 5. The van der Waals surface area contributed by atoms with Crippen molar-refractivity contribution >= 4 is 11.3 Å². The van der Waals surface area contributed by atoms with Gasteiger partial charge < -0.3 is 9.84 Å². The Morgan fingerprint density at radius 2 is 2.19 bits per heavy atom. The van der Waals surface area contributed by atoms with Gasteiger partial charge in [0.1, 0.15) is 11.1 Å². The number of thiazole rings is 1. The zero-order chi connectivity index (χ0) is 22.7. The first-order valence-corrected chi connectivity index (χ1v) is 12.8. The molecular weight excluding hydrogens is 402 g/mol. The number of methoxy groups -OCH3 is 1. The highest BCUT2D eigenvalue weighted by atomic mass is 32.1. The van der Waals surface area contributed by atoms with Gasteiger partial charge in [0, 0.05) is 18.7 Å². The second kappa shape index (κ2) is 13.3. The molecule has 1 aliphatic rings. The molecule has 0 aromatic carbocycles. The van der Waals surface area contributed by atoms with E-state index >= 15 is 0 Å². The summed E-state index contributed by atoms with van der Waals surface area (Å²) < 4.78 is 5.14. The van der Waals surface area contributed by atoms with Gasteiger partial charge >= 0.3 is 0 Å². The van der Waals surface area contributed by atoms with Crippen molar-refractivity contribution in [3.8, 4) is 0 Å². The van der Waals surface area contributed by atoms with Crippen LogP contribution in [0.4, 0.5) is 0 Å². The van der Waals surface area contributed by atoms with Crippen molar-refractivity contribution in [1.29, 1.82) is 0 Å². The summed E-state index contributed by atoms with van der Waals surface area (Å²) in [6.45, 7) is 9.93. The van der Waals surface area contributed by atoms with Gasteiger partial charge in [-0.05, 0) is 68.8 Å². The fourth-order valence-electron chi connectivity index (χ4n) is 5.24. The summed E-state index contributed by atoms with van der Waals surface area (Å²) in [4.78, 5) is 4.25. The molecule has 31 heavy (non-hydrogen) atoms. The number of rotatable bonds is 13. The Bertz CT molecular complexity index is 722. The molecule has 0 spiro atoms. The zero-order valence-corrected chi connectivity index (χ0v) is 21.1. The lowest BCUT2D eigenvalue weighted by Gasteiger charge is -2.36. The quantitative estimate of drug-likeness (QED) is 0.317. The summed E-state index contributed by atoms with van der Waals surface area (Å²) in [5.74, 6) is 1.52. The van der Waals surface area contributed by atoms with Crippen LogP contribution in [0.3, 0.4) is 0 Å². The van der Waals surface area contributed by atoms with Crippen molar-refractivity contribution < 1.29 is 9.84 Å². The largest absolute Gasteiger partial charge is 0.386 e. The van der Waals surface area contributed by atoms with Crippen LogP contribution in [-0.2, 0) is 4.74 Å². The first-order chi connectivity index (χ1) is 14.9. The SMILES string of the molecule is COCC(C)=C/C=C\C(C)=C\CCC1(C)CCCC1[C@H](C)CCCC(O)c1nccs1. The highest BCUT2D eigenvalue weighted by Gasteiger charge is 2.40. The van der Waals surface area contributed by atoms with Gasteiger partial charge in [0.2, 0.25) is 0 Å². The molecule has 1 aliphatic carbocycles. The molecule has 1 aromatic heterocycles. The third-order valence-electron chi connectivity index (χ3n) is 7.01. The molecule has 4 atom stereocenters. The molecule has 1 fully saturated rings. The Kier molecular flexibility index (Phi) is 11.2. The monoisotopic (exact) mass is 445 g/mol. The number of aromatic nitrogens is 1. The Balaban J connectivity index is 1.79. The lowest BCUT2D eigenvalue weighted by molar-refractivity contribution is 0.131. The van der Waals surface area contributed by atoms with Crippen LogP contribution in [0.2, 0.25) is 0 Å². The Labute approximate surface area is 194 Å². The molecule has 2 rings (SSSR count). The van der Waals surface area contributed by atoms with E-state index in [2.05, 4.69) is 57.0 Å². The lowest BCUT2D eigenvalue weighted by Crippen LogP contribution is -2.27. The standard InChI is InChI=1S/C27H43NO2S/c1-21(10-6-11-22(2)20-30-5)12-8-16-27(4)17-9-14-24(27)23(3)13-7-15-25(29)26-28-18-19-31-26/h6,10-12,18-19,23-25,29H,7-9,13-17,20H2,1-5H3/b10-6-,21-12+,22-11?/t23-,24?,25?,27?/m1/s1. The van der Waals surface area contributed by atoms with Gasteiger partial charge in [-0.1, -0.05) is 63.0 Å². The van der Waals surface area contributed by atoms with E-state index in [1.165, 1.54) is 43.3 Å². The van der Waals surface area contributed by atoms with Crippen LogP contribution in [0.25, 0.3) is 0 Å². The van der Waals surface area contributed by atoms with E-state index in [0.29, 0.717) is 12.0 Å². The first kappa shape index (κ1) is 26.0. The predicted molar refractivity (Wildman–Crippen MR) is 133 cm³/mol. The number of hydrogen-bond donors (Lipinski definition) is 1. The van der Waals surface area contributed by atoms with E-state index in [4.69, 9.17) is 4.74 Å². The summed E-state index contributed by atoms with van der Waals surface area (Å²) in [5, 5.41) is 13.1. The number of aliphatic hydroxyl groups excluding tert-OH is 1. The van der Waals surface area contributed by atoms with Crippen LogP contribution >= 0.6 is 11.3 Å². The smallest absolute Gasteiger partial charge is 0.121 e. The lowest BCUT2D eigenvalue weighted by atomic mass is 9.69. The molecule has 1 N–H and O–H groups in total. The minimum absolute atomic E-state index is 0.392. The van der Waals surface area contributed by atoms with Crippen molar-refractivity contribution in [2.45, 2.75) is 85.2 Å². The molecule has 1 saturated carbocycles. The average molecular weight is 446 g/mol. The van der Waals surface area contributed by atoms with Crippen molar-refractivity contribution in [2.24, 2.45) is 17.3 Å². The fourth-order valence-corrected chi connectivity index (χ4v) is 5.89. The van der Waals surface area contributed by atoms with E-state index in [9.17, 15) is 5.11 Å². The predicted octanol–water partition coefficient (Wildman–Crippen LogP) is 7.66. The van der Waals surface area contributed by atoms with Crippen LogP contribution in [0, 0.1) is 17.3 Å². The number of nitrogens with zero attached hydrogens (tertiary/aromatic N) is 1.